The maximum absolute atomic E-state index is 12.9. The second-order valence-electron chi connectivity index (χ2n) is 8.57. The van der Waals surface area contributed by atoms with Crippen LogP contribution in [0.1, 0.15) is 12.0 Å². The molecule has 0 saturated carbocycles. The average molecular weight is 515 g/mol. The predicted octanol–water partition coefficient (Wildman–Crippen LogP) is 1.47. The van der Waals surface area contributed by atoms with Gasteiger partial charge in [0, 0.05) is 31.6 Å². The van der Waals surface area contributed by atoms with Crippen molar-refractivity contribution < 1.29 is 9.72 Å². The topological polar surface area (TPSA) is 160 Å². The number of carbonyl (C=O) groups is 1. The molecule has 1 N–H and O–H groups in total. The lowest BCUT2D eigenvalue weighted by molar-refractivity contribution is -0.384. The van der Waals surface area contributed by atoms with Crippen LogP contribution in [0.4, 0.5) is 5.69 Å². The zero-order valence-electron chi connectivity index (χ0n) is 20.1. The second-order valence-corrected chi connectivity index (χ2v) is 8.57. The Morgan fingerprint density at radius 3 is 2.58 bits per heavy atom. The van der Waals surface area contributed by atoms with E-state index in [9.17, 15) is 24.5 Å². The summed E-state index contributed by atoms with van der Waals surface area (Å²) in [5.41, 5.74) is 0.988. The van der Waals surface area contributed by atoms with Crippen LogP contribution in [0.15, 0.2) is 77.0 Å². The fraction of sp³-hybridized carbons (Fsp3) is 0.200. The number of hydrogen-bond acceptors (Lipinski definition) is 8. The summed E-state index contributed by atoms with van der Waals surface area (Å²) in [6.07, 6.45) is 4.32. The van der Waals surface area contributed by atoms with Crippen LogP contribution in [0, 0.1) is 10.1 Å². The Kier molecular flexibility index (Phi) is 6.72. The molecule has 0 spiro atoms. The van der Waals surface area contributed by atoms with Gasteiger partial charge in [-0.2, -0.15) is 5.10 Å². The molecular weight excluding hydrogens is 492 g/mol. The molecule has 0 saturated heterocycles. The molecule has 0 radical (unpaired) electrons. The van der Waals surface area contributed by atoms with Crippen LogP contribution in [0.3, 0.4) is 0 Å². The highest BCUT2D eigenvalue weighted by molar-refractivity contribution is 5.77. The summed E-state index contributed by atoms with van der Waals surface area (Å²) >= 11 is 0. The summed E-state index contributed by atoms with van der Waals surface area (Å²) in [5.74, 6) is -0.242. The highest BCUT2D eigenvalue weighted by Crippen LogP contribution is 2.14. The third-order valence-electron chi connectivity index (χ3n) is 6.05. The van der Waals surface area contributed by atoms with Crippen LogP contribution in [0.2, 0.25) is 0 Å². The van der Waals surface area contributed by atoms with Crippen molar-refractivity contribution in [1.29, 1.82) is 0 Å². The second kappa shape index (κ2) is 10.4. The molecule has 0 fully saturated rings. The third kappa shape index (κ3) is 5.02. The third-order valence-corrected chi connectivity index (χ3v) is 6.05. The smallest absolute Gasteiger partial charge is 0.269 e. The van der Waals surface area contributed by atoms with Gasteiger partial charge in [-0.15, -0.1) is 0 Å². The summed E-state index contributed by atoms with van der Waals surface area (Å²) < 4.78 is 4.29. The van der Waals surface area contributed by atoms with Gasteiger partial charge >= 0.3 is 0 Å². The average Bonchev–Trinajstić information content (AvgIpc) is 3.34. The summed E-state index contributed by atoms with van der Waals surface area (Å²) in [4.78, 5) is 56.9. The minimum atomic E-state index is -0.489. The molecule has 38 heavy (non-hydrogen) atoms. The highest BCUT2D eigenvalue weighted by atomic mass is 16.6. The molecule has 13 nitrogen and oxygen atoms in total. The summed E-state index contributed by atoms with van der Waals surface area (Å²) in [5, 5.41) is 18.8. The number of nitrogens with one attached hydrogen (secondary N) is 1. The number of nitro groups is 1. The van der Waals surface area contributed by atoms with Gasteiger partial charge in [-0.1, -0.05) is 24.3 Å². The number of rotatable bonds is 9. The molecule has 13 heteroatoms. The number of benzene rings is 2. The van der Waals surface area contributed by atoms with E-state index < -0.39 is 4.92 Å². The van der Waals surface area contributed by atoms with Crippen molar-refractivity contribution in [3.8, 4) is 0 Å². The van der Waals surface area contributed by atoms with Gasteiger partial charge in [-0.05, 0) is 17.7 Å². The zero-order valence-corrected chi connectivity index (χ0v) is 20.1. The van der Waals surface area contributed by atoms with E-state index in [-0.39, 0.29) is 55.3 Å². The first-order valence-corrected chi connectivity index (χ1v) is 11.8. The predicted molar refractivity (Wildman–Crippen MR) is 138 cm³/mol. The van der Waals surface area contributed by atoms with E-state index in [1.165, 1.54) is 44.8 Å². The van der Waals surface area contributed by atoms with E-state index >= 15 is 0 Å². The molecule has 3 aromatic heterocycles. The van der Waals surface area contributed by atoms with Crippen molar-refractivity contribution in [2.75, 3.05) is 6.54 Å². The van der Waals surface area contributed by atoms with Crippen LogP contribution < -0.4 is 16.4 Å². The lowest BCUT2D eigenvalue weighted by atomic mass is 10.2. The maximum atomic E-state index is 12.9. The van der Waals surface area contributed by atoms with Crippen LogP contribution in [0.5, 0.6) is 0 Å². The number of fused-ring (bicyclic) bond motifs is 2. The summed E-state index contributed by atoms with van der Waals surface area (Å²) in [6, 6.07) is 13.1. The monoisotopic (exact) mass is 514 g/mol. The van der Waals surface area contributed by atoms with E-state index in [0.717, 1.165) is 0 Å². The van der Waals surface area contributed by atoms with Gasteiger partial charge in [0.1, 0.15) is 11.7 Å². The Balaban J connectivity index is 1.19. The number of carbonyl (C=O) groups excluding carboxylic acids is 1. The summed E-state index contributed by atoms with van der Waals surface area (Å²) in [7, 11) is 0. The molecule has 0 aliphatic carbocycles. The Morgan fingerprint density at radius 1 is 0.947 bits per heavy atom. The molecule has 0 aliphatic rings. The fourth-order valence-corrected chi connectivity index (χ4v) is 4.12. The molecule has 5 rings (SSSR count). The van der Waals surface area contributed by atoms with Gasteiger partial charge in [0.2, 0.25) is 5.91 Å². The normalized spacial score (nSPS) is 11.2. The Labute approximate surface area is 214 Å². The molecule has 0 unspecified atom stereocenters. The van der Waals surface area contributed by atoms with Gasteiger partial charge in [0.05, 0.1) is 41.4 Å². The van der Waals surface area contributed by atoms with Crippen molar-refractivity contribution in [2.45, 2.75) is 26.1 Å². The molecule has 0 bridgehead atoms. The first-order chi connectivity index (χ1) is 18.4. The van der Waals surface area contributed by atoms with Crippen molar-refractivity contribution in [1.82, 2.24) is 34.2 Å². The lowest BCUT2D eigenvalue weighted by Crippen LogP contribution is -2.30. The van der Waals surface area contributed by atoms with Crippen LogP contribution in [0.25, 0.3) is 21.9 Å². The number of para-hydroxylation sites is 1. The molecular formula is C25H22N8O5. The number of amides is 1. The molecule has 2 aromatic carbocycles. The van der Waals surface area contributed by atoms with Crippen LogP contribution in [-0.4, -0.2) is 46.3 Å². The van der Waals surface area contributed by atoms with Crippen molar-refractivity contribution in [2.24, 2.45) is 0 Å². The van der Waals surface area contributed by atoms with Gasteiger partial charge in [-0.3, -0.25) is 33.6 Å². The molecule has 1 amide bonds. The SMILES string of the molecule is O=C(CCn1cnc2ccccc2c1=O)NCCn1ncc2c(=O)n(Cc3cccc([N+](=O)[O-])c3)cnc21. The Bertz CT molecular complexity index is 1790. The largest absolute Gasteiger partial charge is 0.354 e. The molecule has 192 valence electrons. The summed E-state index contributed by atoms with van der Waals surface area (Å²) in [6.45, 7) is 0.854. The van der Waals surface area contributed by atoms with Crippen molar-refractivity contribution >= 4 is 33.5 Å². The minimum absolute atomic E-state index is 0.0551. The van der Waals surface area contributed by atoms with E-state index in [1.54, 1.807) is 36.4 Å². The standard InChI is InChI=1S/C25H22N8O5/c34-22(8-10-30-15-27-21-7-2-1-6-19(21)24(30)35)26-9-11-32-23-20(13-29-32)25(36)31(16-28-23)14-17-4-3-5-18(12-17)33(37)38/h1-7,12-13,15-16H,8-11,14H2,(H,26,34). The molecule has 0 atom stereocenters. The lowest BCUT2D eigenvalue weighted by Gasteiger charge is -2.09. The highest BCUT2D eigenvalue weighted by Gasteiger charge is 2.13. The van der Waals surface area contributed by atoms with E-state index in [0.29, 0.717) is 27.5 Å². The maximum Gasteiger partial charge on any atom is 0.269 e. The number of non-ortho nitro benzene ring substituents is 1. The van der Waals surface area contributed by atoms with Gasteiger partial charge < -0.3 is 5.32 Å². The number of aryl methyl sites for hydroxylation is 1. The molecule has 3 heterocycles. The van der Waals surface area contributed by atoms with E-state index in [2.05, 4.69) is 20.4 Å². The number of nitro benzene ring substituents is 1. The van der Waals surface area contributed by atoms with Crippen LogP contribution in [-0.2, 0) is 24.4 Å². The van der Waals surface area contributed by atoms with E-state index in [4.69, 9.17) is 0 Å². The minimum Gasteiger partial charge on any atom is -0.354 e. The molecule has 5 aromatic rings. The molecule has 0 aliphatic heterocycles. The number of aromatic nitrogens is 6. The first kappa shape index (κ1) is 24.5. The zero-order chi connectivity index (χ0) is 26.6. The van der Waals surface area contributed by atoms with Crippen molar-refractivity contribution in [3.05, 3.63) is 104 Å². The Morgan fingerprint density at radius 2 is 1.74 bits per heavy atom. The van der Waals surface area contributed by atoms with Crippen LogP contribution >= 0.6 is 0 Å². The first-order valence-electron chi connectivity index (χ1n) is 11.8. The van der Waals surface area contributed by atoms with Gasteiger partial charge in [-0.25, -0.2) is 14.6 Å². The fourth-order valence-electron chi connectivity index (χ4n) is 4.12. The van der Waals surface area contributed by atoms with Crippen molar-refractivity contribution in [3.63, 3.8) is 0 Å². The number of nitrogens with zero attached hydrogens (tertiary/aromatic N) is 7. The van der Waals surface area contributed by atoms with Gasteiger partial charge in [0.15, 0.2) is 5.65 Å². The van der Waals surface area contributed by atoms with Gasteiger partial charge in [0.25, 0.3) is 16.8 Å². The quantitative estimate of drug-likeness (QED) is 0.229. The Hall–Kier alpha value is -5.20. The number of hydrogen-bond donors (Lipinski definition) is 1. The van der Waals surface area contributed by atoms with E-state index in [1.807, 2.05) is 0 Å².